The van der Waals surface area contributed by atoms with Crippen molar-refractivity contribution >= 4 is 0 Å². The zero-order valence-corrected chi connectivity index (χ0v) is 14.2. The molecule has 1 saturated carbocycles. The van der Waals surface area contributed by atoms with Gasteiger partial charge in [0.2, 0.25) is 0 Å². The molecule has 1 N–H and O–H groups in total. The van der Waals surface area contributed by atoms with E-state index >= 15 is 0 Å². The first-order valence-corrected chi connectivity index (χ1v) is 8.73. The van der Waals surface area contributed by atoms with E-state index < -0.39 is 0 Å². The van der Waals surface area contributed by atoms with Gasteiger partial charge in [0.25, 0.3) is 0 Å². The standard InChI is InChI=1S/C17H35NO3/c1-4-7-15-8-9-16(18-5-2)17(14-15)21-11-6-10-20-13-12-19-3/h15-18H,4-14H2,1-3H3. The van der Waals surface area contributed by atoms with Crippen molar-refractivity contribution in [3.63, 3.8) is 0 Å². The molecule has 0 amide bonds. The SMILES string of the molecule is CCCC1CCC(NCC)C(OCCCOCCOC)C1. The largest absolute Gasteiger partial charge is 0.382 e. The average molecular weight is 301 g/mol. The molecule has 0 aromatic rings. The van der Waals surface area contributed by atoms with Gasteiger partial charge >= 0.3 is 0 Å². The zero-order chi connectivity index (χ0) is 15.3. The van der Waals surface area contributed by atoms with Crippen LogP contribution in [-0.4, -0.2) is 52.2 Å². The molecule has 4 nitrogen and oxygen atoms in total. The van der Waals surface area contributed by atoms with Gasteiger partial charge in [0.05, 0.1) is 19.3 Å². The molecule has 3 atom stereocenters. The van der Waals surface area contributed by atoms with E-state index in [9.17, 15) is 0 Å². The van der Waals surface area contributed by atoms with Gasteiger partial charge in [-0.15, -0.1) is 0 Å². The highest BCUT2D eigenvalue weighted by atomic mass is 16.5. The van der Waals surface area contributed by atoms with Crippen molar-refractivity contribution in [3.8, 4) is 0 Å². The number of methoxy groups -OCH3 is 1. The molecule has 0 aromatic heterocycles. The normalized spacial score (nSPS) is 26.1. The average Bonchev–Trinajstić information content (AvgIpc) is 2.49. The van der Waals surface area contributed by atoms with Crippen LogP contribution in [0, 0.1) is 5.92 Å². The minimum Gasteiger partial charge on any atom is -0.382 e. The number of hydrogen-bond donors (Lipinski definition) is 1. The molecular formula is C17H35NO3. The minimum atomic E-state index is 0.384. The van der Waals surface area contributed by atoms with Crippen LogP contribution in [0.15, 0.2) is 0 Å². The molecule has 1 aliphatic rings. The van der Waals surface area contributed by atoms with Crippen molar-refractivity contribution in [1.29, 1.82) is 0 Å². The van der Waals surface area contributed by atoms with E-state index in [1.54, 1.807) is 7.11 Å². The summed E-state index contributed by atoms with van der Waals surface area (Å²) in [5.41, 5.74) is 0. The Kier molecular flexibility index (Phi) is 11.1. The molecule has 0 aromatic carbocycles. The first-order chi connectivity index (χ1) is 10.3. The van der Waals surface area contributed by atoms with Gasteiger partial charge in [-0.3, -0.25) is 0 Å². The monoisotopic (exact) mass is 301 g/mol. The molecule has 0 spiro atoms. The van der Waals surface area contributed by atoms with Gasteiger partial charge in [0.15, 0.2) is 0 Å². The second-order valence-electron chi connectivity index (χ2n) is 6.00. The summed E-state index contributed by atoms with van der Waals surface area (Å²) in [5.74, 6) is 0.854. The Labute approximate surface area is 130 Å². The summed E-state index contributed by atoms with van der Waals surface area (Å²) in [5, 5.41) is 3.59. The summed E-state index contributed by atoms with van der Waals surface area (Å²) in [6.45, 7) is 8.41. The molecule has 126 valence electrons. The summed E-state index contributed by atoms with van der Waals surface area (Å²) in [6.07, 6.45) is 7.82. The fourth-order valence-electron chi connectivity index (χ4n) is 3.20. The van der Waals surface area contributed by atoms with Crippen LogP contribution in [-0.2, 0) is 14.2 Å². The second-order valence-corrected chi connectivity index (χ2v) is 6.00. The molecule has 3 unspecified atom stereocenters. The van der Waals surface area contributed by atoms with Crippen LogP contribution in [0.3, 0.4) is 0 Å². The molecular weight excluding hydrogens is 266 g/mol. The lowest BCUT2D eigenvalue weighted by Gasteiger charge is -2.36. The van der Waals surface area contributed by atoms with E-state index in [1.165, 1.54) is 32.1 Å². The molecule has 1 rings (SSSR count). The Bertz CT molecular complexity index is 238. The lowest BCUT2D eigenvalue weighted by molar-refractivity contribution is -0.0214. The highest BCUT2D eigenvalue weighted by Gasteiger charge is 2.30. The van der Waals surface area contributed by atoms with Crippen LogP contribution in [0.1, 0.15) is 52.4 Å². The van der Waals surface area contributed by atoms with Crippen molar-refractivity contribution in [2.24, 2.45) is 5.92 Å². The Morgan fingerprint density at radius 1 is 1.05 bits per heavy atom. The Balaban J connectivity index is 2.20. The highest BCUT2D eigenvalue weighted by Crippen LogP contribution is 2.30. The Morgan fingerprint density at radius 2 is 1.90 bits per heavy atom. The smallest absolute Gasteiger partial charge is 0.0730 e. The molecule has 0 bridgehead atoms. The lowest BCUT2D eigenvalue weighted by Crippen LogP contribution is -2.45. The molecule has 1 aliphatic carbocycles. The van der Waals surface area contributed by atoms with Gasteiger partial charge in [0, 0.05) is 26.4 Å². The van der Waals surface area contributed by atoms with Crippen LogP contribution in [0.4, 0.5) is 0 Å². The van der Waals surface area contributed by atoms with Crippen molar-refractivity contribution in [2.45, 2.75) is 64.5 Å². The maximum Gasteiger partial charge on any atom is 0.0730 e. The van der Waals surface area contributed by atoms with Gasteiger partial charge in [-0.05, 0) is 38.1 Å². The highest BCUT2D eigenvalue weighted by molar-refractivity contribution is 4.85. The predicted molar refractivity (Wildman–Crippen MR) is 86.8 cm³/mol. The van der Waals surface area contributed by atoms with Gasteiger partial charge in [-0.2, -0.15) is 0 Å². The molecule has 0 heterocycles. The number of nitrogens with one attached hydrogen (secondary N) is 1. The topological polar surface area (TPSA) is 39.7 Å². The zero-order valence-electron chi connectivity index (χ0n) is 14.2. The lowest BCUT2D eigenvalue weighted by atomic mass is 9.81. The summed E-state index contributed by atoms with van der Waals surface area (Å²) in [6, 6.07) is 0.539. The van der Waals surface area contributed by atoms with Crippen molar-refractivity contribution in [1.82, 2.24) is 5.32 Å². The first kappa shape index (κ1) is 18.9. The number of ether oxygens (including phenoxy) is 3. The summed E-state index contributed by atoms with van der Waals surface area (Å²) in [4.78, 5) is 0. The van der Waals surface area contributed by atoms with Gasteiger partial charge < -0.3 is 19.5 Å². The van der Waals surface area contributed by atoms with E-state index in [0.717, 1.165) is 32.1 Å². The number of likely N-dealkylation sites (N-methyl/N-ethyl adjacent to an activating group) is 1. The van der Waals surface area contributed by atoms with E-state index in [2.05, 4.69) is 19.2 Å². The molecule has 0 aliphatic heterocycles. The van der Waals surface area contributed by atoms with Crippen molar-refractivity contribution in [2.75, 3.05) is 40.1 Å². The van der Waals surface area contributed by atoms with Crippen molar-refractivity contribution in [3.05, 3.63) is 0 Å². The molecule has 0 saturated heterocycles. The van der Waals surface area contributed by atoms with E-state index in [4.69, 9.17) is 14.2 Å². The van der Waals surface area contributed by atoms with Crippen LogP contribution in [0.5, 0.6) is 0 Å². The van der Waals surface area contributed by atoms with Gasteiger partial charge in [0.1, 0.15) is 0 Å². The third-order valence-electron chi connectivity index (χ3n) is 4.26. The molecule has 1 fully saturated rings. The summed E-state index contributed by atoms with van der Waals surface area (Å²) < 4.78 is 16.6. The number of rotatable bonds is 12. The van der Waals surface area contributed by atoms with Crippen LogP contribution in [0.2, 0.25) is 0 Å². The van der Waals surface area contributed by atoms with E-state index in [0.29, 0.717) is 25.4 Å². The summed E-state index contributed by atoms with van der Waals surface area (Å²) >= 11 is 0. The van der Waals surface area contributed by atoms with Crippen molar-refractivity contribution < 1.29 is 14.2 Å². The Hall–Kier alpha value is -0.160. The second kappa shape index (κ2) is 12.4. The van der Waals surface area contributed by atoms with Crippen LogP contribution < -0.4 is 5.32 Å². The molecule has 4 heteroatoms. The molecule has 0 radical (unpaired) electrons. The quantitative estimate of drug-likeness (QED) is 0.563. The minimum absolute atomic E-state index is 0.384. The fraction of sp³-hybridized carbons (Fsp3) is 1.00. The third kappa shape index (κ3) is 8.15. The molecule has 21 heavy (non-hydrogen) atoms. The number of hydrogen-bond acceptors (Lipinski definition) is 4. The fourth-order valence-corrected chi connectivity index (χ4v) is 3.20. The first-order valence-electron chi connectivity index (χ1n) is 8.73. The Morgan fingerprint density at radius 3 is 2.62 bits per heavy atom. The maximum atomic E-state index is 6.16. The third-order valence-corrected chi connectivity index (χ3v) is 4.26. The van der Waals surface area contributed by atoms with Gasteiger partial charge in [-0.1, -0.05) is 26.7 Å². The summed E-state index contributed by atoms with van der Waals surface area (Å²) in [7, 11) is 1.70. The predicted octanol–water partition coefficient (Wildman–Crippen LogP) is 3.00. The maximum absolute atomic E-state index is 6.16. The van der Waals surface area contributed by atoms with E-state index in [1.807, 2.05) is 0 Å². The van der Waals surface area contributed by atoms with Crippen LogP contribution in [0.25, 0.3) is 0 Å². The van der Waals surface area contributed by atoms with Gasteiger partial charge in [-0.25, -0.2) is 0 Å². The van der Waals surface area contributed by atoms with E-state index in [-0.39, 0.29) is 0 Å². The van der Waals surface area contributed by atoms with Crippen LogP contribution >= 0.6 is 0 Å².